The van der Waals surface area contributed by atoms with Crippen LogP contribution in [-0.4, -0.2) is 64.6 Å². The van der Waals surface area contributed by atoms with Crippen molar-refractivity contribution in [3.8, 4) is 5.88 Å². The molecular formula is C19H21F3N4O4. The number of hydrogen-bond acceptors (Lipinski definition) is 7. The van der Waals surface area contributed by atoms with Crippen molar-refractivity contribution in [3.63, 3.8) is 0 Å². The third-order valence-corrected chi connectivity index (χ3v) is 4.99. The number of piperidine rings is 1. The Balaban J connectivity index is 0.000000318. The first kappa shape index (κ1) is 21.8. The van der Waals surface area contributed by atoms with Crippen molar-refractivity contribution in [1.29, 1.82) is 0 Å². The van der Waals surface area contributed by atoms with Gasteiger partial charge in [0.15, 0.2) is 0 Å². The van der Waals surface area contributed by atoms with E-state index in [9.17, 15) is 13.2 Å². The molecule has 0 amide bonds. The average molecular weight is 426 g/mol. The molecule has 0 aliphatic carbocycles. The van der Waals surface area contributed by atoms with Gasteiger partial charge in [0, 0.05) is 44.4 Å². The zero-order valence-electron chi connectivity index (χ0n) is 16.0. The number of carboxylic acids is 1. The summed E-state index contributed by atoms with van der Waals surface area (Å²) in [5.41, 5.74) is -0.0189. The highest BCUT2D eigenvalue weighted by molar-refractivity contribution is 5.73. The fourth-order valence-corrected chi connectivity index (χ4v) is 3.53. The summed E-state index contributed by atoms with van der Waals surface area (Å²) < 4.78 is 43.7. The van der Waals surface area contributed by atoms with Crippen LogP contribution in [0.3, 0.4) is 0 Å². The van der Waals surface area contributed by atoms with Gasteiger partial charge in [0.1, 0.15) is 0 Å². The molecule has 2 fully saturated rings. The van der Waals surface area contributed by atoms with Gasteiger partial charge in [-0.1, -0.05) is 6.07 Å². The molecule has 2 atom stereocenters. The van der Waals surface area contributed by atoms with E-state index >= 15 is 0 Å². The molecule has 0 spiro atoms. The van der Waals surface area contributed by atoms with Crippen LogP contribution in [0.1, 0.15) is 12.8 Å². The van der Waals surface area contributed by atoms with Crippen LogP contribution in [-0.2, 0) is 9.53 Å². The van der Waals surface area contributed by atoms with Crippen LogP contribution in [0, 0.1) is 5.41 Å². The molecule has 2 saturated heterocycles. The minimum atomic E-state index is -5.08. The van der Waals surface area contributed by atoms with E-state index in [4.69, 9.17) is 19.4 Å². The Hall–Kier alpha value is -2.95. The zero-order chi connectivity index (χ0) is 21.6. The van der Waals surface area contributed by atoms with Crippen LogP contribution in [0.15, 0.2) is 42.9 Å². The van der Waals surface area contributed by atoms with Crippen molar-refractivity contribution in [2.75, 3.05) is 31.2 Å². The van der Waals surface area contributed by atoms with Crippen molar-refractivity contribution in [1.82, 2.24) is 15.0 Å². The predicted molar refractivity (Wildman–Crippen MR) is 99.1 cm³/mol. The van der Waals surface area contributed by atoms with Crippen LogP contribution in [0.2, 0.25) is 0 Å². The van der Waals surface area contributed by atoms with E-state index in [-0.39, 0.29) is 11.5 Å². The quantitative estimate of drug-likeness (QED) is 0.797. The molecule has 0 aromatic carbocycles. The first-order chi connectivity index (χ1) is 14.3. The van der Waals surface area contributed by atoms with Crippen LogP contribution in [0.25, 0.3) is 0 Å². The summed E-state index contributed by atoms with van der Waals surface area (Å²) in [6.07, 6.45) is 2.46. The lowest BCUT2D eigenvalue weighted by Gasteiger charge is -2.43. The van der Waals surface area contributed by atoms with Gasteiger partial charge < -0.3 is 19.5 Å². The van der Waals surface area contributed by atoms with Gasteiger partial charge in [0.25, 0.3) is 0 Å². The number of anilines is 1. The van der Waals surface area contributed by atoms with Crippen molar-refractivity contribution in [3.05, 3.63) is 42.9 Å². The smallest absolute Gasteiger partial charge is 0.477 e. The molecule has 30 heavy (non-hydrogen) atoms. The van der Waals surface area contributed by atoms with E-state index in [1.54, 1.807) is 18.6 Å². The number of halogens is 3. The summed E-state index contributed by atoms with van der Waals surface area (Å²) in [6.45, 7) is 3.17. The molecule has 2 aromatic heterocycles. The average Bonchev–Trinajstić information content (AvgIpc) is 3.17. The molecule has 2 aliphatic rings. The first-order valence-electron chi connectivity index (χ1n) is 9.28. The van der Waals surface area contributed by atoms with Crippen molar-refractivity contribution in [2.24, 2.45) is 5.41 Å². The standard InChI is InChI=1S/C17H20N4O2.C2HF3O2/c1-2-7-18-15(4-1)23-13-17-6-11-22-14(17)5-10-21(12-17)16-19-8-3-9-20-16;3-2(4,5)1(6)7/h1-4,7-9,14H,5-6,10-13H2;(H,6,7)/t14-,17+;/m1./s1. The molecule has 4 rings (SSSR count). The lowest BCUT2D eigenvalue weighted by atomic mass is 9.77. The highest BCUT2D eigenvalue weighted by atomic mass is 19.4. The summed E-state index contributed by atoms with van der Waals surface area (Å²) in [5, 5.41) is 7.12. The minimum absolute atomic E-state index is 0.0189. The van der Waals surface area contributed by atoms with Gasteiger partial charge in [-0.3, -0.25) is 0 Å². The Labute approximate surface area is 170 Å². The van der Waals surface area contributed by atoms with Gasteiger partial charge in [-0.2, -0.15) is 13.2 Å². The number of nitrogens with zero attached hydrogens (tertiary/aromatic N) is 4. The molecule has 0 saturated carbocycles. The third kappa shape index (κ3) is 5.35. The van der Waals surface area contributed by atoms with Gasteiger partial charge in [0.05, 0.1) is 18.1 Å². The number of pyridine rings is 1. The fraction of sp³-hybridized carbons (Fsp3) is 0.474. The van der Waals surface area contributed by atoms with Gasteiger partial charge >= 0.3 is 12.1 Å². The maximum Gasteiger partial charge on any atom is 0.490 e. The predicted octanol–water partition coefficient (Wildman–Crippen LogP) is 2.57. The number of fused-ring (bicyclic) bond motifs is 1. The first-order valence-corrected chi connectivity index (χ1v) is 9.28. The second-order valence-corrected chi connectivity index (χ2v) is 6.99. The van der Waals surface area contributed by atoms with Gasteiger partial charge in [0.2, 0.25) is 11.8 Å². The monoisotopic (exact) mass is 426 g/mol. The van der Waals surface area contributed by atoms with Gasteiger partial charge in [-0.05, 0) is 25.0 Å². The number of carbonyl (C=O) groups is 1. The lowest BCUT2D eigenvalue weighted by Crippen LogP contribution is -2.53. The normalized spacial score (nSPS) is 23.2. The molecule has 2 aromatic rings. The van der Waals surface area contributed by atoms with Gasteiger partial charge in [-0.25, -0.2) is 19.7 Å². The largest absolute Gasteiger partial charge is 0.490 e. The third-order valence-electron chi connectivity index (χ3n) is 4.99. The second kappa shape index (κ2) is 9.24. The fourth-order valence-electron chi connectivity index (χ4n) is 3.53. The van der Waals surface area contributed by atoms with Crippen molar-refractivity contribution < 1.29 is 32.5 Å². The van der Waals surface area contributed by atoms with Crippen LogP contribution < -0.4 is 9.64 Å². The molecule has 0 bridgehead atoms. The SMILES string of the molecule is O=C(O)C(F)(F)F.c1ccc(OC[C@@]23CCO[C@@H]2CCN(c2ncccn2)C3)nc1. The van der Waals surface area contributed by atoms with E-state index < -0.39 is 12.1 Å². The summed E-state index contributed by atoms with van der Waals surface area (Å²) >= 11 is 0. The molecule has 8 nitrogen and oxygen atoms in total. The molecule has 0 radical (unpaired) electrons. The Morgan fingerprint density at radius 1 is 1.23 bits per heavy atom. The highest BCUT2D eigenvalue weighted by Crippen LogP contribution is 2.41. The van der Waals surface area contributed by atoms with E-state index in [2.05, 4.69) is 19.9 Å². The molecule has 2 aliphatic heterocycles. The lowest BCUT2D eigenvalue weighted by molar-refractivity contribution is -0.192. The number of alkyl halides is 3. The molecule has 1 N–H and O–H groups in total. The molecule has 162 valence electrons. The van der Waals surface area contributed by atoms with E-state index in [1.807, 2.05) is 24.3 Å². The van der Waals surface area contributed by atoms with Gasteiger partial charge in [-0.15, -0.1) is 0 Å². The topological polar surface area (TPSA) is 97.7 Å². The Kier molecular flexibility index (Phi) is 6.70. The molecule has 4 heterocycles. The van der Waals surface area contributed by atoms with Crippen LogP contribution >= 0.6 is 0 Å². The van der Waals surface area contributed by atoms with E-state index in [0.29, 0.717) is 12.5 Å². The number of ether oxygens (including phenoxy) is 2. The second-order valence-electron chi connectivity index (χ2n) is 6.99. The molecule has 0 unspecified atom stereocenters. The van der Waals surface area contributed by atoms with Crippen LogP contribution in [0.5, 0.6) is 5.88 Å². The summed E-state index contributed by atoms with van der Waals surface area (Å²) in [7, 11) is 0. The van der Waals surface area contributed by atoms with Crippen molar-refractivity contribution >= 4 is 11.9 Å². The number of aromatic nitrogens is 3. The number of hydrogen-bond donors (Lipinski definition) is 1. The molecular weight excluding hydrogens is 405 g/mol. The Morgan fingerprint density at radius 3 is 2.57 bits per heavy atom. The maximum absolute atomic E-state index is 10.6. The number of carboxylic acid groups (broad SMARTS) is 1. The summed E-state index contributed by atoms with van der Waals surface area (Å²) in [4.78, 5) is 24.2. The van der Waals surface area contributed by atoms with E-state index in [1.165, 1.54) is 0 Å². The maximum atomic E-state index is 10.6. The Bertz CT molecular complexity index is 826. The Morgan fingerprint density at radius 2 is 1.93 bits per heavy atom. The van der Waals surface area contributed by atoms with Crippen LogP contribution in [0.4, 0.5) is 19.1 Å². The van der Waals surface area contributed by atoms with E-state index in [0.717, 1.165) is 38.5 Å². The highest BCUT2D eigenvalue weighted by Gasteiger charge is 2.49. The van der Waals surface area contributed by atoms with Crippen molar-refractivity contribution in [2.45, 2.75) is 25.1 Å². The number of rotatable bonds is 4. The number of aliphatic carboxylic acids is 1. The minimum Gasteiger partial charge on any atom is -0.477 e. The summed E-state index contributed by atoms with van der Waals surface area (Å²) in [5.74, 6) is -1.30. The molecule has 11 heteroatoms. The summed E-state index contributed by atoms with van der Waals surface area (Å²) in [6, 6.07) is 7.56. The zero-order valence-corrected chi connectivity index (χ0v) is 16.0.